The molecule has 1 aliphatic rings. The van der Waals surface area contributed by atoms with Crippen LogP contribution in [0.1, 0.15) is 71.6 Å². The molecule has 1 aliphatic carbocycles. The highest BCUT2D eigenvalue weighted by Gasteiger charge is 2.24. The Kier molecular flexibility index (Phi) is 12.1. The van der Waals surface area contributed by atoms with E-state index in [0.29, 0.717) is 24.9 Å². The Bertz CT molecular complexity index is 678. The van der Waals surface area contributed by atoms with E-state index in [1.807, 2.05) is 44.2 Å². The molecule has 1 saturated carbocycles. The van der Waals surface area contributed by atoms with Gasteiger partial charge in [0.1, 0.15) is 5.75 Å². The first-order valence-electron chi connectivity index (χ1n) is 11.9. The second kappa shape index (κ2) is 14.9. The van der Waals surface area contributed by atoms with Crippen molar-refractivity contribution in [2.75, 3.05) is 13.2 Å². The van der Waals surface area contributed by atoms with E-state index < -0.39 is 0 Å². The topological polar surface area (TPSA) is 55.8 Å². The van der Waals surface area contributed by atoms with Gasteiger partial charge in [-0.25, -0.2) is 0 Å². The maximum atomic E-state index is 11.6. The van der Waals surface area contributed by atoms with E-state index in [-0.39, 0.29) is 18.7 Å². The molecule has 2 rings (SSSR count). The Hall–Kier alpha value is -2.07. The molecule has 31 heavy (non-hydrogen) atoms. The van der Waals surface area contributed by atoms with Crippen LogP contribution < -0.4 is 4.74 Å². The molecule has 4 nitrogen and oxygen atoms in total. The van der Waals surface area contributed by atoms with Crippen molar-refractivity contribution < 1.29 is 19.4 Å². The summed E-state index contributed by atoms with van der Waals surface area (Å²) in [6, 6.07) is 9.94. The number of rotatable bonds is 14. The van der Waals surface area contributed by atoms with Crippen LogP contribution in [0.25, 0.3) is 0 Å². The predicted octanol–water partition coefficient (Wildman–Crippen LogP) is 6.25. The Morgan fingerprint density at radius 2 is 1.94 bits per heavy atom. The molecule has 2 atom stereocenters. The first-order valence-corrected chi connectivity index (χ1v) is 11.9. The van der Waals surface area contributed by atoms with Gasteiger partial charge in [-0.3, -0.25) is 4.79 Å². The van der Waals surface area contributed by atoms with Crippen LogP contribution in [0.4, 0.5) is 0 Å². The van der Waals surface area contributed by atoms with E-state index in [1.165, 1.54) is 19.3 Å². The van der Waals surface area contributed by atoms with Gasteiger partial charge in [0.15, 0.2) is 0 Å². The Labute approximate surface area is 188 Å². The third-order valence-corrected chi connectivity index (χ3v) is 5.81. The Balaban J connectivity index is 1.66. The molecular formula is C27H40O4. The van der Waals surface area contributed by atoms with Crippen LogP contribution in [-0.4, -0.2) is 30.4 Å². The Morgan fingerprint density at radius 3 is 2.68 bits per heavy atom. The van der Waals surface area contributed by atoms with Crippen LogP contribution in [0, 0.1) is 11.8 Å². The zero-order chi connectivity index (χ0) is 22.3. The SMILES string of the molecule is CC(C)OC(=O)CCCC/C(=C/C[C@H]1CCC[C@@H]1/C=C/CCOc1ccccc1)CO. The molecular weight excluding hydrogens is 388 g/mol. The molecule has 4 heteroatoms. The number of hydrogen-bond donors (Lipinski definition) is 1. The summed E-state index contributed by atoms with van der Waals surface area (Å²) in [5, 5.41) is 9.70. The molecule has 172 valence electrons. The first kappa shape index (κ1) is 25.2. The fraction of sp³-hybridized carbons (Fsp3) is 0.593. The average molecular weight is 429 g/mol. The second-order valence-corrected chi connectivity index (χ2v) is 8.74. The van der Waals surface area contributed by atoms with Gasteiger partial charge in [-0.05, 0) is 88.3 Å². The van der Waals surface area contributed by atoms with Crippen molar-refractivity contribution in [3.63, 3.8) is 0 Å². The van der Waals surface area contributed by atoms with Gasteiger partial charge < -0.3 is 14.6 Å². The number of benzene rings is 1. The maximum Gasteiger partial charge on any atom is 0.306 e. The molecule has 0 radical (unpaired) electrons. The number of aliphatic hydroxyl groups excluding tert-OH is 1. The number of unbranched alkanes of at least 4 members (excludes halogenated alkanes) is 1. The fourth-order valence-corrected chi connectivity index (χ4v) is 4.15. The molecule has 1 fully saturated rings. The molecule has 1 N–H and O–H groups in total. The summed E-state index contributed by atoms with van der Waals surface area (Å²) in [7, 11) is 0. The summed E-state index contributed by atoms with van der Waals surface area (Å²) < 4.78 is 10.9. The number of carbonyl (C=O) groups excluding carboxylic acids is 1. The molecule has 0 amide bonds. The van der Waals surface area contributed by atoms with Crippen molar-refractivity contribution in [1.29, 1.82) is 0 Å². The standard InChI is InChI=1S/C27H40O4/c1-22(2)31-27(29)17-7-6-11-23(21-28)18-19-25-14-10-13-24(25)12-8-9-20-30-26-15-4-3-5-16-26/h3-5,8,12,15-16,18,22,24-25,28H,6-7,9-11,13-14,17,19-21H2,1-2H3/b12-8+,23-18-/t24-,25+/m0/s1. The molecule has 0 saturated heterocycles. The first-order chi connectivity index (χ1) is 15.1. The predicted molar refractivity (Wildman–Crippen MR) is 126 cm³/mol. The molecule has 0 aliphatic heterocycles. The molecule has 1 aromatic rings. The minimum Gasteiger partial charge on any atom is -0.493 e. The average Bonchev–Trinajstić information content (AvgIpc) is 3.20. The lowest BCUT2D eigenvalue weighted by atomic mass is 9.91. The van der Waals surface area contributed by atoms with Crippen LogP contribution in [0.2, 0.25) is 0 Å². The van der Waals surface area contributed by atoms with Crippen molar-refractivity contribution in [1.82, 2.24) is 0 Å². The number of para-hydroxylation sites is 1. The second-order valence-electron chi connectivity index (χ2n) is 8.74. The number of ether oxygens (including phenoxy) is 2. The highest BCUT2D eigenvalue weighted by molar-refractivity contribution is 5.69. The van der Waals surface area contributed by atoms with Crippen molar-refractivity contribution in [3.8, 4) is 5.75 Å². The van der Waals surface area contributed by atoms with Crippen LogP contribution in [-0.2, 0) is 9.53 Å². The van der Waals surface area contributed by atoms with Crippen LogP contribution in [0.3, 0.4) is 0 Å². The Morgan fingerprint density at radius 1 is 1.16 bits per heavy atom. The van der Waals surface area contributed by atoms with Gasteiger partial charge in [0.25, 0.3) is 0 Å². The third kappa shape index (κ3) is 10.7. The molecule has 0 unspecified atom stereocenters. The minimum atomic E-state index is -0.126. The molecule has 1 aromatic carbocycles. The molecule has 0 heterocycles. The van der Waals surface area contributed by atoms with Gasteiger partial charge in [-0.2, -0.15) is 0 Å². The number of aliphatic hydroxyl groups is 1. The van der Waals surface area contributed by atoms with E-state index >= 15 is 0 Å². The highest BCUT2D eigenvalue weighted by Crippen LogP contribution is 2.35. The maximum absolute atomic E-state index is 11.6. The smallest absolute Gasteiger partial charge is 0.306 e. The van der Waals surface area contributed by atoms with E-state index in [0.717, 1.165) is 43.4 Å². The quantitative estimate of drug-likeness (QED) is 0.216. The number of esters is 1. The normalized spacial score (nSPS) is 19.3. The van der Waals surface area contributed by atoms with E-state index in [4.69, 9.17) is 9.47 Å². The van der Waals surface area contributed by atoms with Crippen molar-refractivity contribution in [2.24, 2.45) is 11.8 Å². The summed E-state index contributed by atoms with van der Waals surface area (Å²) in [6.45, 7) is 4.56. The summed E-state index contributed by atoms with van der Waals surface area (Å²) >= 11 is 0. The van der Waals surface area contributed by atoms with Crippen LogP contribution >= 0.6 is 0 Å². The van der Waals surface area contributed by atoms with Crippen LogP contribution in [0.15, 0.2) is 54.1 Å². The van der Waals surface area contributed by atoms with Gasteiger partial charge in [0.2, 0.25) is 0 Å². The monoisotopic (exact) mass is 428 g/mol. The summed E-state index contributed by atoms with van der Waals surface area (Å²) in [4.78, 5) is 11.6. The van der Waals surface area contributed by atoms with Gasteiger partial charge in [0.05, 0.1) is 19.3 Å². The number of carbonyl (C=O) groups is 1. The zero-order valence-corrected chi connectivity index (χ0v) is 19.3. The third-order valence-electron chi connectivity index (χ3n) is 5.81. The summed E-state index contributed by atoms with van der Waals surface area (Å²) in [6.07, 6.45) is 15.6. The van der Waals surface area contributed by atoms with Crippen molar-refractivity contribution in [2.45, 2.75) is 77.7 Å². The number of allylic oxidation sites excluding steroid dienone is 2. The van der Waals surface area contributed by atoms with Gasteiger partial charge >= 0.3 is 5.97 Å². The lowest BCUT2D eigenvalue weighted by Crippen LogP contribution is -2.10. The summed E-state index contributed by atoms with van der Waals surface area (Å²) in [5.74, 6) is 2.08. The minimum absolute atomic E-state index is 0.0507. The van der Waals surface area contributed by atoms with E-state index in [9.17, 15) is 9.90 Å². The largest absolute Gasteiger partial charge is 0.493 e. The number of hydrogen-bond acceptors (Lipinski definition) is 4. The zero-order valence-electron chi connectivity index (χ0n) is 19.3. The molecule has 0 bridgehead atoms. The van der Waals surface area contributed by atoms with Gasteiger partial charge in [-0.1, -0.05) is 42.8 Å². The lowest BCUT2D eigenvalue weighted by molar-refractivity contribution is -0.147. The van der Waals surface area contributed by atoms with Crippen molar-refractivity contribution in [3.05, 3.63) is 54.1 Å². The van der Waals surface area contributed by atoms with Crippen molar-refractivity contribution >= 4 is 5.97 Å². The van der Waals surface area contributed by atoms with Gasteiger partial charge in [0, 0.05) is 6.42 Å². The molecule has 0 aromatic heterocycles. The van der Waals surface area contributed by atoms with E-state index in [1.54, 1.807) is 0 Å². The van der Waals surface area contributed by atoms with E-state index in [2.05, 4.69) is 18.2 Å². The fourth-order valence-electron chi connectivity index (χ4n) is 4.15. The molecule has 0 spiro atoms. The highest BCUT2D eigenvalue weighted by atomic mass is 16.5. The van der Waals surface area contributed by atoms with Gasteiger partial charge in [-0.15, -0.1) is 0 Å². The summed E-state index contributed by atoms with van der Waals surface area (Å²) in [5.41, 5.74) is 1.10. The van der Waals surface area contributed by atoms with Crippen LogP contribution in [0.5, 0.6) is 5.75 Å². The lowest BCUT2D eigenvalue weighted by Gasteiger charge is -2.15.